The summed E-state index contributed by atoms with van der Waals surface area (Å²) in [7, 11) is 6.84. The molecule has 1 aromatic heterocycles. The molecule has 1 aromatic rings. The lowest BCUT2D eigenvalue weighted by atomic mass is 10.3. The molecule has 5 nitrogen and oxygen atoms in total. The molecule has 0 radical (unpaired) electrons. The van der Waals surface area contributed by atoms with Crippen molar-refractivity contribution >= 4 is 6.08 Å². The van der Waals surface area contributed by atoms with E-state index in [0.29, 0.717) is 5.69 Å². The number of rotatable bonds is 2. The topological polar surface area (TPSA) is 47.2 Å². The molecule has 0 bridgehead atoms. The van der Waals surface area contributed by atoms with Gasteiger partial charge in [-0.2, -0.15) is 0 Å². The van der Waals surface area contributed by atoms with E-state index in [1.165, 1.54) is 17.7 Å². The van der Waals surface area contributed by atoms with Crippen LogP contribution in [0.1, 0.15) is 5.69 Å². The zero-order valence-electron chi connectivity index (χ0n) is 9.39. The third-order valence-electron chi connectivity index (χ3n) is 2.11. The Bertz CT molecular complexity index is 494. The van der Waals surface area contributed by atoms with E-state index in [1.54, 1.807) is 19.3 Å². The minimum atomic E-state index is -0.319. The Kier molecular flexibility index (Phi) is 3.14. The van der Waals surface area contributed by atoms with Crippen molar-refractivity contribution in [3.63, 3.8) is 0 Å². The lowest BCUT2D eigenvalue weighted by Gasteiger charge is -2.07. The van der Waals surface area contributed by atoms with Crippen LogP contribution in [0.2, 0.25) is 0 Å². The molecular weight excluding hydrogens is 194 g/mol. The van der Waals surface area contributed by atoms with Crippen LogP contribution in [0.4, 0.5) is 0 Å². The van der Waals surface area contributed by atoms with Gasteiger partial charge in [-0.25, -0.2) is 4.79 Å². The first kappa shape index (κ1) is 11.3. The van der Waals surface area contributed by atoms with Gasteiger partial charge in [0.2, 0.25) is 0 Å². The lowest BCUT2D eigenvalue weighted by Crippen LogP contribution is -2.37. The molecule has 0 aliphatic heterocycles. The molecule has 0 aliphatic rings. The molecule has 0 aliphatic carbocycles. The van der Waals surface area contributed by atoms with Gasteiger partial charge in [-0.1, -0.05) is 0 Å². The standard InChI is InChI=1S/C10H15N3O2/c1-11(2)6-5-8-7-9(14)13(4)10(15)12(8)3/h5-7H,1-4H3/b6-5+. The van der Waals surface area contributed by atoms with Crippen LogP contribution in [0.15, 0.2) is 21.9 Å². The molecule has 0 aromatic carbocycles. The van der Waals surface area contributed by atoms with Crippen LogP contribution in [0.3, 0.4) is 0 Å². The quantitative estimate of drug-likeness (QED) is 0.667. The largest absolute Gasteiger partial charge is 0.383 e. The second-order valence-corrected chi connectivity index (χ2v) is 3.59. The highest BCUT2D eigenvalue weighted by atomic mass is 16.2. The summed E-state index contributed by atoms with van der Waals surface area (Å²) >= 11 is 0. The zero-order valence-corrected chi connectivity index (χ0v) is 9.39. The molecule has 0 atom stereocenters. The van der Waals surface area contributed by atoms with E-state index in [0.717, 1.165) is 4.57 Å². The number of hydrogen-bond donors (Lipinski definition) is 0. The van der Waals surface area contributed by atoms with Crippen molar-refractivity contribution in [3.8, 4) is 0 Å². The summed E-state index contributed by atoms with van der Waals surface area (Å²) in [5, 5.41) is 0. The maximum Gasteiger partial charge on any atom is 0.330 e. The highest BCUT2D eigenvalue weighted by Gasteiger charge is 2.02. The van der Waals surface area contributed by atoms with Crippen molar-refractivity contribution < 1.29 is 0 Å². The van der Waals surface area contributed by atoms with Gasteiger partial charge in [-0.15, -0.1) is 0 Å². The molecule has 0 fully saturated rings. The highest BCUT2D eigenvalue weighted by molar-refractivity contribution is 5.43. The molecule has 0 spiro atoms. The van der Waals surface area contributed by atoms with Gasteiger partial charge < -0.3 is 4.90 Å². The van der Waals surface area contributed by atoms with Crippen LogP contribution in [0, 0.1) is 0 Å². The van der Waals surface area contributed by atoms with Crippen LogP contribution in [-0.2, 0) is 14.1 Å². The molecule has 0 N–H and O–H groups in total. The minimum Gasteiger partial charge on any atom is -0.383 e. The lowest BCUT2D eigenvalue weighted by molar-refractivity contribution is 0.566. The van der Waals surface area contributed by atoms with Crippen LogP contribution in [-0.4, -0.2) is 28.1 Å². The maximum atomic E-state index is 11.5. The van der Waals surface area contributed by atoms with Gasteiger partial charge in [0.25, 0.3) is 5.56 Å². The summed E-state index contributed by atoms with van der Waals surface area (Å²) < 4.78 is 2.51. The summed E-state index contributed by atoms with van der Waals surface area (Å²) in [6, 6.07) is 1.43. The van der Waals surface area contributed by atoms with Gasteiger partial charge in [-0.3, -0.25) is 13.9 Å². The van der Waals surface area contributed by atoms with Crippen LogP contribution < -0.4 is 11.2 Å². The number of nitrogens with zero attached hydrogens (tertiary/aromatic N) is 3. The predicted molar refractivity (Wildman–Crippen MR) is 59.6 cm³/mol. The second kappa shape index (κ2) is 4.16. The molecule has 82 valence electrons. The van der Waals surface area contributed by atoms with Crippen LogP contribution in [0.25, 0.3) is 6.08 Å². The smallest absolute Gasteiger partial charge is 0.330 e. The fourth-order valence-corrected chi connectivity index (χ4v) is 1.14. The number of aromatic nitrogens is 2. The van der Waals surface area contributed by atoms with Gasteiger partial charge in [0, 0.05) is 40.5 Å². The van der Waals surface area contributed by atoms with E-state index in [9.17, 15) is 9.59 Å². The second-order valence-electron chi connectivity index (χ2n) is 3.59. The van der Waals surface area contributed by atoms with Crippen molar-refractivity contribution in [3.05, 3.63) is 38.8 Å². The van der Waals surface area contributed by atoms with Crippen molar-refractivity contribution in [1.29, 1.82) is 0 Å². The Morgan fingerprint density at radius 1 is 1.20 bits per heavy atom. The average Bonchev–Trinajstić information content (AvgIpc) is 2.18. The van der Waals surface area contributed by atoms with E-state index in [4.69, 9.17) is 0 Å². The van der Waals surface area contributed by atoms with E-state index in [1.807, 2.05) is 19.0 Å². The van der Waals surface area contributed by atoms with Crippen molar-refractivity contribution in [2.24, 2.45) is 14.1 Å². The Morgan fingerprint density at radius 3 is 2.33 bits per heavy atom. The fraction of sp³-hybridized carbons (Fsp3) is 0.400. The van der Waals surface area contributed by atoms with Crippen LogP contribution >= 0.6 is 0 Å². The Labute approximate surface area is 87.9 Å². The molecule has 0 saturated heterocycles. The normalized spacial score (nSPS) is 10.9. The Balaban J connectivity index is 3.34. The molecule has 1 heterocycles. The monoisotopic (exact) mass is 209 g/mol. The molecule has 15 heavy (non-hydrogen) atoms. The van der Waals surface area contributed by atoms with Crippen molar-refractivity contribution in [2.45, 2.75) is 0 Å². The van der Waals surface area contributed by atoms with Gasteiger partial charge in [0.1, 0.15) is 0 Å². The first-order valence-electron chi connectivity index (χ1n) is 4.55. The third-order valence-corrected chi connectivity index (χ3v) is 2.11. The fourth-order valence-electron chi connectivity index (χ4n) is 1.14. The average molecular weight is 209 g/mol. The zero-order chi connectivity index (χ0) is 11.6. The highest BCUT2D eigenvalue weighted by Crippen LogP contribution is 1.94. The molecule has 0 saturated carbocycles. The summed E-state index contributed by atoms with van der Waals surface area (Å²) in [5.41, 5.74) is -0.0192. The Morgan fingerprint density at radius 2 is 1.80 bits per heavy atom. The molecule has 5 heteroatoms. The first-order valence-corrected chi connectivity index (χ1v) is 4.55. The summed E-state index contributed by atoms with van der Waals surface area (Å²) in [5.74, 6) is 0. The molecule has 1 rings (SSSR count). The van der Waals surface area contributed by atoms with Crippen LogP contribution in [0.5, 0.6) is 0 Å². The van der Waals surface area contributed by atoms with E-state index in [-0.39, 0.29) is 11.2 Å². The van der Waals surface area contributed by atoms with Gasteiger partial charge in [0.05, 0.1) is 5.69 Å². The van der Waals surface area contributed by atoms with Gasteiger partial charge in [-0.05, 0) is 6.08 Å². The third kappa shape index (κ3) is 2.37. The van der Waals surface area contributed by atoms with Gasteiger partial charge in [0.15, 0.2) is 0 Å². The van der Waals surface area contributed by atoms with E-state index < -0.39 is 0 Å². The summed E-state index contributed by atoms with van der Waals surface area (Å²) in [4.78, 5) is 24.7. The number of hydrogen-bond acceptors (Lipinski definition) is 3. The first-order chi connectivity index (χ1) is 6.93. The Hall–Kier alpha value is -1.78. The van der Waals surface area contributed by atoms with E-state index in [2.05, 4.69) is 0 Å². The molecule has 0 amide bonds. The van der Waals surface area contributed by atoms with Gasteiger partial charge >= 0.3 is 5.69 Å². The maximum absolute atomic E-state index is 11.5. The van der Waals surface area contributed by atoms with E-state index >= 15 is 0 Å². The van der Waals surface area contributed by atoms with Crippen molar-refractivity contribution in [2.75, 3.05) is 14.1 Å². The summed E-state index contributed by atoms with van der Waals surface area (Å²) in [6.45, 7) is 0. The molecular formula is C10H15N3O2. The summed E-state index contributed by atoms with van der Waals surface area (Å²) in [6.07, 6.45) is 3.51. The molecule has 0 unspecified atom stereocenters. The van der Waals surface area contributed by atoms with Crippen molar-refractivity contribution in [1.82, 2.24) is 14.0 Å². The predicted octanol–water partition coefficient (Wildman–Crippen LogP) is -0.384. The minimum absolute atomic E-state index is 0.295. The SMILES string of the molecule is CN(C)/C=C/c1cc(=O)n(C)c(=O)n1C.